The Morgan fingerprint density at radius 1 is 1.26 bits per heavy atom. The summed E-state index contributed by atoms with van der Waals surface area (Å²) in [6, 6.07) is 9.36. The first kappa shape index (κ1) is 13.6. The van der Waals surface area contributed by atoms with Crippen LogP contribution in [-0.2, 0) is 0 Å². The van der Waals surface area contributed by atoms with E-state index in [1.165, 1.54) is 6.20 Å². The third-order valence-electron chi connectivity index (χ3n) is 2.61. The molecule has 0 bridgehead atoms. The molecule has 19 heavy (non-hydrogen) atoms. The van der Waals surface area contributed by atoms with Crippen molar-refractivity contribution in [3.05, 3.63) is 51.9 Å². The van der Waals surface area contributed by atoms with Gasteiger partial charge in [0.05, 0.1) is 17.8 Å². The zero-order valence-electron chi connectivity index (χ0n) is 10.1. The number of rotatable bonds is 3. The molecular formula is C13H10Cl2N4. The molecule has 0 radical (unpaired) electrons. The van der Waals surface area contributed by atoms with Crippen molar-refractivity contribution < 1.29 is 0 Å². The number of hydrogen-bond acceptors (Lipinski definition) is 4. The number of halogens is 2. The maximum atomic E-state index is 8.75. The highest BCUT2D eigenvalue weighted by Gasteiger charge is 2.10. The molecular weight excluding hydrogens is 283 g/mol. The van der Waals surface area contributed by atoms with Gasteiger partial charge in [0.25, 0.3) is 0 Å². The minimum Gasteiger partial charge on any atom is -0.362 e. The Bertz CT molecular complexity index is 620. The maximum Gasteiger partial charge on any atom is 0.224 e. The first-order valence-electron chi connectivity index (χ1n) is 5.55. The van der Waals surface area contributed by atoms with Crippen LogP contribution in [0.5, 0.6) is 0 Å². The molecule has 96 valence electrons. The minimum absolute atomic E-state index is 0.0174. The van der Waals surface area contributed by atoms with Crippen molar-refractivity contribution in [2.24, 2.45) is 0 Å². The second kappa shape index (κ2) is 5.87. The minimum atomic E-state index is -0.0174. The highest BCUT2D eigenvalue weighted by atomic mass is 35.5. The van der Waals surface area contributed by atoms with Crippen LogP contribution in [0.1, 0.15) is 24.1 Å². The van der Waals surface area contributed by atoms with Gasteiger partial charge in [-0.05, 0) is 36.2 Å². The van der Waals surface area contributed by atoms with E-state index >= 15 is 0 Å². The standard InChI is InChI=1S/C13H10Cl2N4/c1-8(10-4-2-9(6-16)3-5-10)18-12-11(14)7-17-13(15)19-12/h2-5,7-8H,1H3,(H,17,18,19). The van der Waals surface area contributed by atoms with Crippen LogP contribution in [0.25, 0.3) is 0 Å². The summed E-state index contributed by atoms with van der Waals surface area (Å²) in [5, 5.41) is 12.5. The summed E-state index contributed by atoms with van der Waals surface area (Å²) in [7, 11) is 0. The molecule has 0 saturated heterocycles. The van der Waals surface area contributed by atoms with Crippen molar-refractivity contribution >= 4 is 29.0 Å². The van der Waals surface area contributed by atoms with E-state index in [-0.39, 0.29) is 11.3 Å². The number of anilines is 1. The average molecular weight is 293 g/mol. The molecule has 1 N–H and O–H groups in total. The van der Waals surface area contributed by atoms with Gasteiger partial charge in [0, 0.05) is 6.04 Å². The third kappa shape index (κ3) is 3.34. The lowest BCUT2D eigenvalue weighted by Gasteiger charge is -2.15. The first-order valence-corrected chi connectivity index (χ1v) is 6.30. The van der Waals surface area contributed by atoms with E-state index in [0.29, 0.717) is 16.4 Å². The summed E-state index contributed by atoms with van der Waals surface area (Å²) in [5.41, 5.74) is 1.64. The second-order valence-electron chi connectivity index (χ2n) is 3.94. The molecule has 1 heterocycles. The summed E-state index contributed by atoms with van der Waals surface area (Å²) in [4.78, 5) is 7.82. The molecule has 0 aliphatic rings. The molecule has 0 aliphatic carbocycles. The Morgan fingerprint density at radius 3 is 2.58 bits per heavy atom. The lowest BCUT2D eigenvalue weighted by Crippen LogP contribution is -2.08. The van der Waals surface area contributed by atoms with Crippen molar-refractivity contribution in [2.75, 3.05) is 5.32 Å². The molecule has 4 nitrogen and oxygen atoms in total. The van der Waals surface area contributed by atoms with Crippen LogP contribution >= 0.6 is 23.2 Å². The van der Waals surface area contributed by atoms with Crippen molar-refractivity contribution in [1.82, 2.24) is 9.97 Å². The lowest BCUT2D eigenvalue weighted by molar-refractivity contribution is 0.872. The van der Waals surface area contributed by atoms with Gasteiger partial charge in [-0.1, -0.05) is 23.7 Å². The van der Waals surface area contributed by atoms with Crippen LogP contribution < -0.4 is 5.32 Å². The molecule has 6 heteroatoms. The largest absolute Gasteiger partial charge is 0.362 e. The number of hydrogen-bond donors (Lipinski definition) is 1. The molecule has 0 saturated carbocycles. The van der Waals surface area contributed by atoms with Gasteiger partial charge in [-0.25, -0.2) is 4.98 Å². The van der Waals surface area contributed by atoms with Crippen LogP contribution in [-0.4, -0.2) is 9.97 Å². The number of nitriles is 1. The van der Waals surface area contributed by atoms with E-state index in [0.717, 1.165) is 5.56 Å². The van der Waals surface area contributed by atoms with Crippen LogP contribution in [0.4, 0.5) is 5.82 Å². The molecule has 0 fully saturated rings. The van der Waals surface area contributed by atoms with Crippen LogP contribution in [0.2, 0.25) is 10.3 Å². The fourth-order valence-corrected chi connectivity index (χ4v) is 1.86. The highest BCUT2D eigenvalue weighted by molar-refractivity contribution is 6.33. The van der Waals surface area contributed by atoms with Crippen molar-refractivity contribution in [2.45, 2.75) is 13.0 Å². The Balaban J connectivity index is 2.18. The molecule has 2 aromatic rings. The monoisotopic (exact) mass is 292 g/mol. The molecule has 0 aliphatic heterocycles. The zero-order chi connectivity index (χ0) is 13.8. The predicted octanol–water partition coefficient (Wildman–Crippen LogP) is 3.83. The van der Waals surface area contributed by atoms with E-state index in [9.17, 15) is 0 Å². The van der Waals surface area contributed by atoms with Gasteiger partial charge in [-0.15, -0.1) is 0 Å². The third-order valence-corrected chi connectivity index (χ3v) is 3.07. The summed E-state index contributed by atoms with van der Waals surface area (Å²) in [6.07, 6.45) is 1.45. The summed E-state index contributed by atoms with van der Waals surface area (Å²) in [6.45, 7) is 1.97. The van der Waals surface area contributed by atoms with Gasteiger partial charge in [-0.2, -0.15) is 10.2 Å². The highest BCUT2D eigenvalue weighted by Crippen LogP contribution is 2.24. The van der Waals surface area contributed by atoms with E-state index in [2.05, 4.69) is 21.4 Å². The van der Waals surface area contributed by atoms with Crippen LogP contribution in [0.3, 0.4) is 0 Å². The number of aromatic nitrogens is 2. The first-order chi connectivity index (χ1) is 9.10. The quantitative estimate of drug-likeness (QED) is 0.874. The smallest absolute Gasteiger partial charge is 0.224 e. The van der Waals surface area contributed by atoms with Gasteiger partial charge in [0.2, 0.25) is 5.28 Å². The van der Waals surface area contributed by atoms with E-state index in [1.54, 1.807) is 12.1 Å². The summed E-state index contributed by atoms with van der Waals surface area (Å²) in [5.74, 6) is 0.485. The van der Waals surface area contributed by atoms with E-state index < -0.39 is 0 Å². The molecule has 2 rings (SSSR count). The topological polar surface area (TPSA) is 61.6 Å². The lowest BCUT2D eigenvalue weighted by atomic mass is 10.1. The normalized spacial score (nSPS) is 11.7. The van der Waals surface area contributed by atoms with Crippen LogP contribution in [0.15, 0.2) is 30.5 Å². The van der Waals surface area contributed by atoms with Crippen molar-refractivity contribution in [3.8, 4) is 6.07 Å². The summed E-state index contributed by atoms with van der Waals surface area (Å²) < 4.78 is 0. The molecule has 1 aromatic heterocycles. The molecule has 0 amide bonds. The van der Waals surface area contributed by atoms with Gasteiger partial charge in [-0.3, -0.25) is 0 Å². The predicted molar refractivity (Wildman–Crippen MR) is 75.2 cm³/mol. The molecule has 1 atom stereocenters. The van der Waals surface area contributed by atoms with Gasteiger partial charge in [0.15, 0.2) is 0 Å². The summed E-state index contributed by atoms with van der Waals surface area (Å²) >= 11 is 11.7. The Hall–Kier alpha value is -1.83. The van der Waals surface area contributed by atoms with Gasteiger partial charge in [0.1, 0.15) is 10.8 Å². The fourth-order valence-electron chi connectivity index (χ4n) is 1.58. The molecule has 1 aromatic carbocycles. The average Bonchev–Trinajstić information content (AvgIpc) is 2.43. The Kier molecular flexibility index (Phi) is 4.20. The Morgan fingerprint density at radius 2 is 1.95 bits per heavy atom. The van der Waals surface area contributed by atoms with E-state index in [4.69, 9.17) is 28.5 Å². The zero-order valence-corrected chi connectivity index (χ0v) is 11.6. The number of benzene rings is 1. The van der Waals surface area contributed by atoms with Crippen molar-refractivity contribution in [1.29, 1.82) is 5.26 Å². The fraction of sp³-hybridized carbons (Fsp3) is 0.154. The van der Waals surface area contributed by atoms with Gasteiger partial charge >= 0.3 is 0 Å². The number of nitrogens with zero attached hydrogens (tertiary/aromatic N) is 3. The maximum absolute atomic E-state index is 8.75. The SMILES string of the molecule is CC(Nc1nc(Cl)ncc1Cl)c1ccc(C#N)cc1. The number of nitrogens with one attached hydrogen (secondary N) is 1. The molecule has 1 unspecified atom stereocenters. The van der Waals surface area contributed by atoms with Crippen LogP contribution in [0, 0.1) is 11.3 Å². The Labute approximate surface area is 121 Å². The van der Waals surface area contributed by atoms with E-state index in [1.807, 2.05) is 19.1 Å². The molecule has 0 spiro atoms. The van der Waals surface area contributed by atoms with Gasteiger partial charge < -0.3 is 5.32 Å². The van der Waals surface area contributed by atoms with Crippen molar-refractivity contribution in [3.63, 3.8) is 0 Å². The second-order valence-corrected chi connectivity index (χ2v) is 4.68.